The molecule has 18 heavy (non-hydrogen) atoms. The Balaban J connectivity index is 2.03. The minimum Gasteiger partial charge on any atom is -0.481 e. The first-order chi connectivity index (χ1) is 8.61. The topological polar surface area (TPSA) is 46.6 Å². The Morgan fingerprint density at radius 1 is 1.39 bits per heavy atom. The number of nitrogens with zero attached hydrogens (tertiary/aromatic N) is 1. The number of benzene rings is 1. The summed E-state index contributed by atoms with van der Waals surface area (Å²) in [5, 5.41) is 0. The lowest BCUT2D eigenvalue weighted by molar-refractivity contribution is -0.132. The highest BCUT2D eigenvalue weighted by molar-refractivity contribution is 5.95. The van der Waals surface area contributed by atoms with Crippen molar-refractivity contribution in [3.63, 3.8) is 0 Å². The van der Waals surface area contributed by atoms with Crippen LogP contribution in [0.2, 0.25) is 0 Å². The summed E-state index contributed by atoms with van der Waals surface area (Å²) < 4.78 is 5.62. The van der Waals surface area contributed by atoms with Gasteiger partial charge in [0.1, 0.15) is 5.75 Å². The molecule has 4 nitrogen and oxygen atoms in total. The van der Waals surface area contributed by atoms with E-state index in [4.69, 9.17) is 4.74 Å². The van der Waals surface area contributed by atoms with Crippen LogP contribution in [0.1, 0.15) is 30.1 Å². The number of carbonyl (C=O) groups is 2. The van der Waals surface area contributed by atoms with Crippen molar-refractivity contribution in [1.82, 2.24) is 4.90 Å². The summed E-state index contributed by atoms with van der Waals surface area (Å²) in [6.07, 6.45) is 0.819. The molecule has 1 aliphatic heterocycles. The molecule has 0 N–H and O–H groups in total. The number of likely N-dealkylation sites (N-methyl/N-ethyl adjacent to an activating group) is 1. The summed E-state index contributed by atoms with van der Waals surface area (Å²) in [5.74, 6) is 0.762. The van der Waals surface area contributed by atoms with Crippen molar-refractivity contribution in [2.75, 3.05) is 13.6 Å². The van der Waals surface area contributed by atoms with Gasteiger partial charge in [-0.15, -0.1) is 0 Å². The molecular weight excluding hydrogens is 230 g/mol. The van der Waals surface area contributed by atoms with E-state index in [0.29, 0.717) is 24.2 Å². The molecule has 1 amide bonds. The van der Waals surface area contributed by atoms with Crippen molar-refractivity contribution in [3.05, 3.63) is 29.8 Å². The summed E-state index contributed by atoms with van der Waals surface area (Å²) in [4.78, 5) is 24.8. The van der Waals surface area contributed by atoms with Crippen molar-refractivity contribution in [2.24, 2.45) is 0 Å². The molecule has 1 aromatic carbocycles. The van der Waals surface area contributed by atoms with Crippen LogP contribution in [0, 0.1) is 0 Å². The second kappa shape index (κ2) is 5.21. The van der Waals surface area contributed by atoms with Crippen LogP contribution in [0.5, 0.6) is 5.75 Å². The third-order valence-corrected chi connectivity index (χ3v) is 3.15. The van der Waals surface area contributed by atoms with Crippen molar-refractivity contribution in [2.45, 2.75) is 25.9 Å². The summed E-state index contributed by atoms with van der Waals surface area (Å²) in [6, 6.07) is 6.97. The predicted molar refractivity (Wildman–Crippen MR) is 67.7 cm³/mol. The van der Waals surface area contributed by atoms with E-state index in [2.05, 4.69) is 0 Å². The fourth-order valence-corrected chi connectivity index (χ4v) is 1.99. The Morgan fingerprint density at radius 3 is 2.56 bits per heavy atom. The van der Waals surface area contributed by atoms with Gasteiger partial charge in [-0.3, -0.25) is 9.59 Å². The van der Waals surface area contributed by atoms with Crippen LogP contribution in [0.15, 0.2) is 24.3 Å². The van der Waals surface area contributed by atoms with E-state index >= 15 is 0 Å². The van der Waals surface area contributed by atoms with Crippen LogP contribution >= 0.6 is 0 Å². The molecule has 0 spiro atoms. The number of ketones is 1. The highest BCUT2D eigenvalue weighted by atomic mass is 16.5. The molecule has 1 fully saturated rings. The zero-order chi connectivity index (χ0) is 13.1. The number of carbonyl (C=O) groups excluding carboxylic acids is 2. The molecule has 0 aromatic heterocycles. The van der Waals surface area contributed by atoms with E-state index in [1.54, 1.807) is 36.2 Å². The Bertz CT molecular complexity index is 453. The quantitative estimate of drug-likeness (QED) is 0.763. The summed E-state index contributed by atoms with van der Waals surface area (Å²) >= 11 is 0. The second-order valence-electron chi connectivity index (χ2n) is 4.46. The highest BCUT2D eigenvalue weighted by Crippen LogP contribution is 2.19. The van der Waals surface area contributed by atoms with Crippen LogP contribution in [0.3, 0.4) is 0 Å². The lowest BCUT2D eigenvalue weighted by Crippen LogP contribution is -2.29. The molecule has 2 rings (SSSR count). The SMILES string of the molecule is CCC(=O)c1ccc(OC2CCN(C)C2=O)cc1. The number of hydrogen-bond donors (Lipinski definition) is 0. The molecular formula is C14H17NO3. The Hall–Kier alpha value is -1.84. The number of rotatable bonds is 4. The second-order valence-corrected chi connectivity index (χ2v) is 4.46. The average Bonchev–Trinajstić information content (AvgIpc) is 2.71. The van der Waals surface area contributed by atoms with Crippen molar-refractivity contribution < 1.29 is 14.3 Å². The first kappa shape index (κ1) is 12.6. The van der Waals surface area contributed by atoms with Gasteiger partial charge in [-0.1, -0.05) is 6.92 Å². The normalized spacial score (nSPS) is 19.1. The fraction of sp³-hybridized carbons (Fsp3) is 0.429. The van der Waals surface area contributed by atoms with Gasteiger partial charge in [-0.25, -0.2) is 0 Å². The van der Waals surface area contributed by atoms with Crippen molar-refractivity contribution in [1.29, 1.82) is 0 Å². The number of likely N-dealkylation sites (tertiary alicyclic amines) is 1. The molecule has 0 aliphatic carbocycles. The molecule has 1 saturated heterocycles. The zero-order valence-electron chi connectivity index (χ0n) is 10.7. The van der Waals surface area contributed by atoms with E-state index in [0.717, 1.165) is 6.54 Å². The molecule has 0 radical (unpaired) electrons. The predicted octanol–water partition coefficient (Wildman–Crippen LogP) is 1.89. The van der Waals surface area contributed by atoms with Crippen LogP contribution in [-0.2, 0) is 4.79 Å². The van der Waals surface area contributed by atoms with Crippen LogP contribution < -0.4 is 4.74 Å². The van der Waals surface area contributed by atoms with Gasteiger partial charge in [-0.05, 0) is 24.3 Å². The largest absolute Gasteiger partial charge is 0.481 e. The maximum absolute atomic E-state index is 11.7. The first-order valence-electron chi connectivity index (χ1n) is 6.16. The molecule has 1 heterocycles. The Labute approximate surface area is 107 Å². The van der Waals surface area contributed by atoms with Crippen LogP contribution in [0.4, 0.5) is 0 Å². The molecule has 4 heteroatoms. The number of hydrogen-bond acceptors (Lipinski definition) is 3. The van der Waals surface area contributed by atoms with E-state index in [9.17, 15) is 9.59 Å². The number of ether oxygens (including phenoxy) is 1. The standard InChI is InChI=1S/C14H17NO3/c1-3-12(16)10-4-6-11(7-5-10)18-13-8-9-15(2)14(13)17/h4-7,13H,3,8-9H2,1-2H3. The lowest BCUT2D eigenvalue weighted by Gasteiger charge is -2.13. The van der Waals surface area contributed by atoms with E-state index < -0.39 is 0 Å². The molecule has 1 unspecified atom stereocenters. The maximum atomic E-state index is 11.7. The average molecular weight is 247 g/mol. The smallest absolute Gasteiger partial charge is 0.263 e. The minimum atomic E-state index is -0.386. The molecule has 0 saturated carbocycles. The minimum absolute atomic E-state index is 0.0173. The van der Waals surface area contributed by atoms with E-state index in [1.807, 2.05) is 6.92 Å². The van der Waals surface area contributed by atoms with Gasteiger partial charge in [0, 0.05) is 32.0 Å². The van der Waals surface area contributed by atoms with Gasteiger partial charge in [0.05, 0.1) is 0 Å². The van der Waals surface area contributed by atoms with Gasteiger partial charge in [0.15, 0.2) is 11.9 Å². The van der Waals surface area contributed by atoms with E-state index in [-0.39, 0.29) is 17.8 Å². The number of Topliss-reactive ketones (excluding diaryl/α,β-unsaturated/α-hetero) is 1. The van der Waals surface area contributed by atoms with Crippen LogP contribution in [0.25, 0.3) is 0 Å². The summed E-state index contributed by atoms with van der Waals surface area (Å²) in [5.41, 5.74) is 0.680. The number of amides is 1. The molecule has 96 valence electrons. The Morgan fingerprint density at radius 2 is 2.06 bits per heavy atom. The van der Waals surface area contributed by atoms with Crippen LogP contribution in [-0.4, -0.2) is 36.3 Å². The maximum Gasteiger partial charge on any atom is 0.263 e. The summed E-state index contributed by atoms with van der Waals surface area (Å²) in [6.45, 7) is 2.57. The Kier molecular flexibility index (Phi) is 3.65. The van der Waals surface area contributed by atoms with Gasteiger partial charge < -0.3 is 9.64 Å². The third-order valence-electron chi connectivity index (χ3n) is 3.15. The third kappa shape index (κ3) is 2.53. The van der Waals surface area contributed by atoms with Crippen molar-refractivity contribution >= 4 is 11.7 Å². The van der Waals surface area contributed by atoms with Crippen molar-refractivity contribution in [3.8, 4) is 5.75 Å². The molecule has 0 bridgehead atoms. The first-order valence-corrected chi connectivity index (χ1v) is 6.16. The van der Waals surface area contributed by atoms with Gasteiger partial charge in [0.25, 0.3) is 5.91 Å². The highest BCUT2D eigenvalue weighted by Gasteiger charge is 2.30. The molecule has 1 aromatic rings. The summed E-state index contributed by atoms with van der Waals surface area (Å²) in [7, 11) is 1.77. The molecule has 1 atom stereocenters. The van der Waals surface area contributed by atoms with Gasteiger partial charge in [0.2, 0.25) is 0 Å². The molecule has 1 aliphatic rings. The van der Waals surface area contributed by atoms with Gasteiger partial charge >= 0.3 is 0 Å². The monoisotopic (exact) mass is 247 g/mol. The van der Waals surface area contributed by atoms with Gasteiger partial charge in [-0.2, -0.15) is 0 Å². The zero-order valence-corrected chi connectivity index (χ0v) is 10.7. The van der Waals surface area contributed by atoms with E-state index in [1.165, 1.54) is 0 Å². The fourth-order valence-electron chi connectivity index (χ4n) is 1.99. The lowest BCUT2D eigenvalue weighted by atomic mass is 10.1.